The minimum atomic E-state index is 0.969. The van der Waals surface area contributed by atoms with Gasteiger partial charge in [-0.1, -0.05) is 51.0 Å². The summed E-state index contributed by atoms with van der Waals surface area (Å²) in [5, 5.41) is 3.46. The van der Waals surface area contributed by atoms with Gasteiger partial charge in [-0.2, -0.15) is 0 Å². The smallest absolute Gasteiger partial charge is 0.0236 e. The number of rotatable bonds is 7. The molecule has 1 N–H and O–H groups in total. The van der Waals surface area contributed by atoms with Gasteiger partial charge in [0.2, 0.25) is 0 Å². The molecule has 1 unspecified atom stereocenters. The van der Waals surface area contributed by atoms with Crippen LogP contribution < -0.4 is 5.32 Å². The molecule has 0 saturated carbocycles. The molecule has 21 heavy (non-hydrogen) atoms. The molecule has 0 radical (unpaired) electrons. The Bertz CT molecular complexity index is 402. The Balaban J connectivity index is 1.92. The number of nitrogens with one attached hydrogen (secondary N) is 1. The summed E-state index contributed by atoms with van der Waals surface area (Å²) < 4.78 is 0. The van der Waals surface area contributed by atoms with E-state index in [0.29, 0.717) is 0 Å². The molecule has 0 spiro atoms. The van der Waals surface area contributed by atoms with Crippen molar-refractivity contribution in [3.8, 4) is 0 Å². The highest BCUT2D eigenvalue weighted by molar-refractivity contribution is 5.27. The van der Waals surface area contributed by atoms with Crippen LogP contribution in [0.1, 0.15) is 57.1 Å². The molecule has 2 heteroatoms. The highest BCUT2D eigenvalue weighted by Gasteiger charge is 2.17. The molecule has 1 aromatic carbocycles. The first-order chi connectivity index (χ1) is 10.3. The Morgan fingerprint density at radius 1 is 1.10 bits per heavy atom. The highest BCUT2D eigenvalue weighted by atomic mass is 15.1. The molecule has 0 aromatic heterocycles. The molecule has 2 rings (SSSR count). The van der Waals surface area contributed by atoms with Gasteiger partial charge in [0.1, 0.15) is 0 Å². The zero-order valence-electron chi connectivity index (χ0n) is 13.9. The average molecular weight is 288 g/mol. The van der Waals surface area contributed by atoms with Gasteiger partial charge >= 0.3 is 0 Å². The van der Waals surface area contributed by atoms with Crippen LogP contribution in [0.3, 0.4) is 0 Å². The van der Waals surface area contributed by atoms with Crippen LogP contribution in [-0.4, -0.2) is 24.5 Å². The fourth-order valence-corrected chi connectivity index (χ4v) is 3.46. The number of benzene rings is 1. The van der Waals surface area contributed by atoms with E-state index < -0.39 is 0 Å². The highest BCUT2D eigenvalue weighted by Crippen LogP contribution is 2.23. The molecule has 1 fully saturated rings. The van der Waals surface area contributed by atoms with E-state index in [4.69, 9.17) is 0 Å². The van der Waals surface area contributed by atoms with E-state index in [2.05, 4.69) is 48.3 Å². The summed E-state index contributed by atoms with van der Waals surface area (Å²) >= 11 is 0. The molecule has 0 amide bonds. The van der Waals surface area contributed by atoms with E-state index in [1.807, 2.05) is 0 Å². The third kappa shape index (κ3) is 5.44. The van der Waals surface area contributed by atoms with Gasteiger partial charge in [-0.25, -0.2) is 0 Å². The molecule has 1 saturated heterocycles. The molecule has 1 aliphatic rings. The molecule has 118 valence electrons. The molecule has 1 heterocycles. The van der Waals surface area contributed by atoms with Crippen molar-refractivity contribution in [2.75, 3.05) is 19.6 Å². The Kier molecular flexibility index (Phi) is 7.25. The van der Waals surface area contributed by atoms with Gasteiger partial charge in [0.25, 0.3) is 0 Å². The molecule has 2 nitrogen and oxygen atoms in total. The normalized spacial score (nSPS) is 20.4. The minimum absolute atomic E-state index is 0.969. The van der Waals surface area contributed by atoms with E-state index in [-0.39, 0.29) is 0 Å². The first-order valence-corrected chi connectivity index (χ1v) is 8.83. The molecule has 0 aliphatic carbocycles. The maximum absolute atomic E-state index is 3.46. The van der Waals surface area contributed by atoms with Crippen LogP contribution >= 0.6 is 0 Å². The van der Waals surface area contributed by atoms with Gasteiger partial charge in [-0.15, -0.1) is 0 Å². The summed E-state index contributed by atoms with van der Waals surface area (Å²) in [5.74, 6) is 0.969. The Labute approximate surface area is 130 Å². The van der Waals surface area contributed by atoms with Crippen molar-refractivity contribution in [3.05, 3.63) is 35.4 Å². The second-order valence-electron chi connectivity index (χ2n) is 6.41. The first-order valence-electron chi connectivity index (χ1n) is 8.83. The Morgan fingerprint density at radius 2 is 1.90 bits per heavy atom. The quantitative estimate of drug-likeness (QED) is 0.809. The number of hydrogen-bond donors (Lipinski definition) is 1. The monoisotopic (exact) mass is 288 g/mol. The fraction of sp³-hybridized carbons (Fsp3) is 0.684. The van der Waals surface area contributed by atoms with Crippen LogP contribution in [0, 0.1) is 5.92 Å². The Hall–Kier alpha value is -0.860. The summed E-state index contributed by atoms with van der Waals surface area (Å²) in [6, 6.07) is 8.93. The van der Waals surface area contributed by atoms with E-state index in [1.54, 1.807) is 0 Å². The molecular weight excluding hydrogens is 256 g/mol. The predicted molar refractivity (Wildman–Crippen MR) is 91.3 cm³/mol. The van der Waals surface area contributed by atoms with Gasteiger partial charge in [-0.05, 0) is 55.9 Å². The first kappa shape index (κ1) is 16.5. The van der Waals surface area contributed by atoms with Crippen molar-refractivity contribution in [3.63, 3.8) is 0 Å². The minimum Gasteiger partial charge on any atom is -0.313 e. The molecule has 1 aromatic rings. The summed E-state index contributed by atoms with van der Waals surface area (Å²) in [6.45, 7) is 10.2. The molecular formula is C19H32N2. The van der Waals surface area contributed by atoms with Crippen LogP contribution in [0.25, 0.3) is 0 Å². The van der Waals surface area contributed by atoms with E-state index in [1.165, 1.54) is 56.3 Å². The zero-order chi connectivity index (χ0) is 14.9. The summed E-state index contributed by atoms with van der Waals surface area (Å²) in [5.41, 5.74) is 2.97. The summed E-state index contributed by atoms with van der Waals surface area (Å²) in [6.07, 6.45) is 6.97. The summed E-state index contributed by atoms with van der Waals surface area (Å²) in [7, 11) is 0. The van der Waals surface area contributed by atoms with Crippen molar-refractivity contribution >= 4 is 0 Å². The fourth-order valence-electron chi connectivity index (χ4n) is 3.46. The van der Waals surface area contributed by atoms with Gasteiger partial charge < -0.3 is 5.32 Å². The van der Waals surface area contributed by atoms with Crippen LogP contribution in [-0.2, 0) is 13.1 Å². The van der Waals surface area contributed by atoms with Crippen molar-refractivity contribution in [1.29, 1.82) is 0 Å². The lowest BCUT2D eigenvalue weighted by atomic mass is 9.96. The Morgan fingerprint density at radius 3 is 2.67 bits per heavy atom. The van der Waals surface area contributed by atoms with Gasteiger partial charge in [-0.3, -0.25) is 4.90 Å². The summed E-state index contributed by atoms with van der Waals surface area (Å²) in [4.78, 5) is 2.67. The maximum Gasteiger partial charge on any atom is 0.0236 e. The molecule has 1 atom stereocenters. The van der Waals surface area contributed by atoms with Gasteiger partial charge in [0.15, 0.2) is 0 Å². The average Bonchev–Trinajstić information content (AvgIpc) is 2.72. The third-order valence-electron chi connectivity index (χ3n) is 4.72. The van der Waals surface area contributed by atoms with Crippen molar-refractivity contribution in [2.45, 2.75) is 59.0 Å². The maximum atomic E-state index is 3.46. The van der Waals surface area contributed by atoms with E-state index in [9.17, 15) is 0 Å². The van der Waals surface area contributed by atoms with Crippen molar-refractivity contribution in [2.24, 2.45) is 5.92 Å². The van der Waals surface area contributed by atoms with Gasteiger partial charge in [0, 0.05) is 13.1 Å². The van der Waals surface area contributed by atoms with Crippen LogP contribution in [0.2, 0.25) is 0 Å². The number of hydrogen-bond acceptors (Lipinski definition) is 2. The standard InChI is InChI=1S/C19H32N2/c1-3-8-17-9-7-13-21(14-12-17)16-19-11-6-5-10-18(19)15-20-4-2/h5-6,10-11,17,20H,3-4,7-9,12-16H2,1-2H3. The SMILES string of the molecule is CCCC1CCCN(Cc2ccccc2CNCC)CC1. The largest absolute Gasteiger partial charge is 0.313 e. The number of nitrogens with zero attached hydrogens (tertiary/aromatic N) is 1. The molecule has 0 bridgehead atoms. The van der Waals surface area contributed by atoms with Crippen molar-refractivity contribution < 1.29 is 0 Å². The van der Waals surface area contributed by atoms with Gasteiger partial charge in [0.05, 0.1) is 0 Å². The second kappa shape index (κ2) is 9.22. The van der Waals surface area contributed by atoms with Crippen molar-refractivity contribution in [1.82, 2.24) is 10.2 Å². The second-order valence-corrected chi connectivity index (χ2v) is 6.41. The van der Waals surface area contributed by atoms with Crippen LogP contribution in [0.4, 0.5) is 0 Å². The van der Waals surface area contributed by atoms with E-state index >= 15 is 0 Å². The topological polar surface area (TPSA) is 15.3 Å². The van der Waals surface area contributed by atoms with Crippen LogP contribution in [0.5, 0.6) is 0 Å². The molecule has 1 aliphatic heterocycles. The zero-order valence-corrected chi connectivity index (χ0v) is 13.9. The lowest BCUT2D eigenvalue weighted by Crippen LogP contribution is -2.25. The van der Waals surface area contributed by atoms with Crippen LogP contribution in [0.15, 0.2) is 24.3 Å². The third-order valence-corrected chi connectivity index (χ3v) is 4.72. The van der Waals surface area contributed by atoms with E-state index in [0.717, 1.165) is 25.6 Å². The number of likely N-dealkylation sites (tertiary alicyclic amines) is 1. The lowest BCUT2D eigenvalue weighted by Gasteiger charge is -2.22. The predicted octanol–water partition coefficient (Wildman–Crippen LogP) is 4.20. The lowest BCUT2D eigenvalue weighted by molar-refractivity contribution is 0.270.